The van der Waals surface area contributed by atoms with Gasteiger partial charge in [0.15, 0.2) is 5.13 Å². The molecule has 156 valence electrons. The molecule has 0 radical (unpaired) electrons. The van der Waals surface area contributed by atoms with E-state index < -0.39 is 0 Å². The molecule has 8 heteroatoms. The lowest BCUT2D eigenvalue weighted by Crippen LogP contribution is -2.12. The van der Waals surface area contributed by atoms with Crippen LogP contribution in [0.1, 0.15) is 16.9 Å². The van der Waals surface area contributed by atoms with Crippen molar-refractivity contribution in [2.24, 2.45) is 0 Å². The van der Waals surface area contributed by atoms with Crippen LogP contribution >= 0.6 is 22.7 Å². The predicted octanol–water partition coefficient (Wildman–Crippen LogP) is 4.68. The Morgan fingerprint density at radius 2 is 2.03 bits per heavy atom. The minimum Gasteiger partial charge on any atom is -0.506 e. The van der Waals surface area contributed by atoms with Gasteiger partial charge in [-0.3, -0.25) is 4.79 Å². The van der Waals surface area contributed by atoms with Crippen LogP contribution in [0.5, 0.6) is 5.75 Å². The first-order chi connectivity index (χ1) is 15.1. The summed E-state index contributed by atoms with van der Waals surface area (Å²) in [7, 11) is 0. The quantitative estimate of drug-likeness (QED) is 0.321. The Balaban J connectivity index is 1.32. The van der Waals surface area contributed by atoms with Gasteiger partial charge in [0.2, 0.25) is 5.91 Å². The number of nitrogens with zero attached hydrogens (tertiary/aromatic N) is 1. The second-order valence-corrected chi connectivity index (χ2v) is 8.85. The summed E-state index contributed by atoms with van der Waals surface area (Å²) in [6.07, 6.45) is 1.19. The molecular formula is C23H20N4O2S2. The van der Waals surface area contributed by atoms with Gasteiger partial charge in [0.25, 0.3) is 0 Å². The van der Waals surface area contributed by atoms with Gasteiger partial charge in [-0.05, 0) is 48.2 Å². The van der Waals surface area contributed by atoms with Gasteiger partial charge in [-0.25, -0.2) is 4.98 Å². The predicted molar refractivity (Wildman–Crippen MR) is 129 cm³/mol. The van der Waals surface area contributed by atoms with Gasteiger partial charge < -0.3 is 21.5 Å². The minimum absolute atomic E-state index is 0.00996. The van der Waals surface area contributed by atoms with Gasteiger partial charge in [-0.2, -0.15) is 0 Å². The van der Waals surface area contributed by atoms with E-state index in [0.29, 0.717) is 29.2 Å². The Kier molecular flexibility index (Phi) is 6.36. The van der Waals surface area contributed by atoms with Gasteiger partial charge in [-0.15, -0.1) is 11.3 Å². The number of nitrogens with two attached hydrogens (primary N) is 1. The molecule has 4 aromatic rings. The molecule has 31 heavy (non-hydrogen) atoms. The molecule has 0 spiro atoms. The van der Waals surface area contributed by atoms with E-state index in [4.69, 9.17) is 5.73 Å². The SMILES string of the molecule is Nc1nc2c(O)cc(C#CCNc3cccc(NC(=O)CCc4cccs4)c3)cc2s1. The molecule has 0 atom stereocenters. The number of anilines is 3. The number of carbonyl (C=O) groups is 1. The summed E-state index contributed by atoms with van der Waals surface area (Å²) in [5, 5.41) is 18.7. The van der Waals surface area contributed by atoms with E-state index in [-0.39, 0.29) is 11.7 Å². The summed E-state index contributed by atoms with van der Waals surface area (Å²) in [4.78, 5) is 17.5. The van der Waals surface area contributed by atoms with Crippen molar-refractivity contribution >= 4 is 55.3 Å². The molecule has 0 aliphatic rings. The van der Waals surface area contributed by atoms with Gasteiger partial charge in [-0.1, -0.05) is 35.3 Å². The maximum Gasteiger partial charge on any atom is 0.224 e. The topological polar surface area (TPSA) is 100 Å². The molecule has 0 saturated carbocycles. The van der Waals surface area contributed by atoms with Crippen molar-refractivity contribution in [3.05, 3.63) is 64.4 Å². The number of rotatable bonds is 6. The fraction of sp³-hybridized carbons (Fsp3) is 0.130. The van der Waals surface area contributed by atoms with Crippen molar-refractivity contribution in [1.29, 1.82) is 0 Å². The zero-order valence-corrected chi connectivity index (χ0v) is 18.1. The van der Waals surface area contributed by atoms with E-state index in [9.17, 15) is 9.90 Å². The van der Waals surface area contributed by atoms with Crippen LogP contribution < -0.4 is 16.4 Å². The number of carbonyl (C=O) groups excluding carboxylic acids is 1. The number of aromatic hydroxyl groups is 1. The molecule has 0 saturated heterocycles. The third-order valence-electron chi connectivity index (χ3n) is 4.43. The number of benzene rings is 2. The van der Waals surface area contributed by atoms with E-state index in [1.54, 1.807) is 17.4 Å². The number of amides is 1. The molecule has 2 aromatic heterocycles. The lowest BCUT2D eigenvalue weighted by molar-refractivity contribution is -0.116. The number of aromatic nitrogens is 1. The highest BCUT2D eigenvalue weighted by Crippen LogP contribution is 2.31. The highest BCUT2D eigenvalue weighted by molar-refractivity contribution is 7.22. The van der Waals surface area contributed by atoms with Crippen molar-refractivity contribution in [3.8, 4) is 17.6 Å². The number of aryl methyl sites for hydroxylation is 1. The number of fused-ring (bicyclic) bond motifs is 1. The Morgan fingerprint density at radius 1 is 1.16 bits per heavy atom. The second-order valence-electron chi connectivity index (χ2n) is 6.76. The minimum atomic E-state index is -0.00996. The molecule has 2 aromatic carbocycles. The highest BCUT2D eigenvalue weighted by atomic mass is 32.1. The zero-order valence-electron chi connectivity index (χ0n) is 16.5. The van der Waals surface area contributed by atoms with E-state index in [2.05, 4.69) is 27.5 Å². The van der Waals surface area contributed by atoms with Gasteiger partial charge in [0.1, 0.15) is 11.3 Å². The van der Waals surface area contributed by atoms with Crippen molar-refractivity contribution in [1.82, 2.24) is 4.98 Å². The number of nitrogens with one attached hydrogen (secondary N) is 2. The molecule has 0 aliphatic heterocycles. The Labute approximate surface area is 187 Å². The Morgan fingerprint density at radius 3 is 2.87 bits per heavy atom. The van der Waals surface area contributed by atoms with Crippen LogP contribution in [-0.2, 0) is 11.2 Å². The fourth-order valence-corrected chi connectivity index (χ4v) is 4.52. The third kappa shape index (κ3) is 5.54. The maximum absolute atomic E-state index is 12.2. The maximum atomic E-state index is 12.2. The molecule has 0 aliphatic carbocycles. The number of thiazole rings is 1. The van der Waals surface area contributed by atoms with E-state index in [1.807, 2.05) is 47.8 Å². The first-order valence-electron chi connectivity index (χ1n) is 9.61. The van der Waals surface area contributed by atoms with Gasteiger partial charge >= 0.3 is 0 Å². The normalized spacial score (nSPS) is 10.5. The number of nitrogen functional groups attached to an aromatic ring is 1. The van der Waals surface area contributed by atoms with Crippen molar-refractivity contribution in [3.63, 3.8) is 0 Å². The average molecular weight is 449 g/mol. The van der Waals surface area contributed by atoms with Gasteiger partial charge in [0, 0.05) is 28.2 Å². The first-order valence-corrected chi connectivity index (χ1v) is 11.3. The van der Waals surface area contributed by atoms with Crippen LogP contribution in [0.4, 0.5) is 16.5 Å². The second kappa shape index (κ2) is 9.51. The number of hydrogen-bond acceptors (Lipinski definition) is 7. The van der Waals surface area contributed by atoms with Gasteiger partial charge in [0.05, 0.1) is 11.2 Å². The molecule has 2 heterocycles. The molecule has 5 N–H and O–H groups in total. The molecule has 0 bridgehead atoms. The zero-order chi connectivity index (χ0) is 21.6. The first kappa shape index (κ1) is 20.7. The molecule has 4 rings (SSSR count). The molecule has 0 fully saturated rings. The van der Waals surface area contributed by atoms with E-state index >= 15 is 0 Å². The Bertz CT molecular complexity index is 1270. The molecule has 6 nitrogen and oxygen atoms in total. The summed E-state index contributed by atoms with van der Waals surface area (Å²) >= 11 is 2.98. The number of phenols is 1. The summed E-state index contributed by atoms with van der Waals surface area (Å²) in [6, 6.07) is 15.0. The lowest BCUT2D eigenvalue weighted by Gasteiger charge is -2.08. The van der Waals surface area contributed by atoms with Crippen molar-refractivity contribution < 1.29 is 9.90 Å². The standard InChI is InChI=1S/C23H20N4O2S2/c24-23-27-22-19(28)12-15(13-20(22)31-23)4-2-10-25-16-5-1-6-17(14-16)26-21(29)9-8-18-7-3-11-30-18/h1,3,5-7,11-14,25,28H,8-10H2,(H2,24,27)(H,26,29). The van der Waals surface area contributed by atoms with E-state index in [1.165, 1.54) is 16.2 Å². The summed E-state index contributed by atoms with van der Waals surface area (Å²) in [5.74, 6) is 6.13. The van der Waals surface area contributed by atoms with Crippen LogP contribution in [0.25, 0.3) is 10.2 Å². The lowest BCUT2D eigenvalue weighted by atomic mass is 10.2. The van der Waals surface area contributed by atoms with Crippen molar-refractivity contribution in [2.45, 2.75) is 12.8 Å². The summed E-state index contributed by atoms with van der Waals surface area (Å²) < 4.78 is 0.803. The number of phenolic OH excluding ortho intramolecular Hbond substituents is 1. The van der Waals surface area contributed by atoms with Crippen LogP contribution in [0.15, 0.2) is 53.9 Å². The average Bonchev–Trinajstić information content (AvgIpc) is 3.39. The summed E-state index contributed by atoms with van der Waals surface area (Å²) in [5.41, 5.74) is 8.50. The number of thiophene rings is 1. The fourth-order valence-electron chi connectivity index (χ4n) is 3.02. The van der Waals surface area contributed by atoms with Crippen molar-refractivity contribution in [2.75, 3.05) is 22.9 Å². The third-order valence-corrected chi connectivity index (χ3v) is 6.20. The summed E-state index contributed by atoms with van der Waals surface area (Å²) in [6.45, 7) is 0.416. The molecule has 0 unspecified atom stereocenters. The molecular weight excluding hydrogens is 428 g/mol. The van der Waals surface area contributed by atoms with Crippen LogP contribution in [0, 0.1) is 11.8 Å². The monoisotopic (exact) mass is 448 g/mol. The molecule has 1 amide bonds. The van der Waals surface area contributed by atoms with Crippen LogP contribution in [-0.4, -0.2) is 22.5 Å². The smallest absolute Gasteiger partial charge is 0.224 e. The Hall–Kier alpha value is -3.54. The van der Waals surface area contributed by atoms with Crippen LogP contribution in [0.2, 0.25) is 0 Å². The highest BCUT2D eigenvalue weighted by Gasteiger charge is 2.07. The van der Waals surface area contributed by atoms with Crippen LogP contribution in [0.3, 0.4) is 0 Å². The number of hydrogen-bond donors (Lipinski definition) is 4. The van der Waals surface area contributed by atoms with E-state index in [0.717, 1.165) is 22.5 Å². The largest absolute Gasteiger partial charge is 0.506 e.